The van der Waals surface area contributed by atoms with Crippen LogP contribution in [0.4, 0.5) is 5.82 Å². The number of nitrogens with zero attached hydrogens (tertiary/aromatic N) is 4. The molecule has 2 saturated heterocycles. The summed E-state index contributed by atoms with van der Waals surface area (Å²) in [6, 6.07) is 0. The smallest absolute Gasteiger partial charge is 0.276 e. The van der Waals surface area contributed by atoms with Crippen LogP contribution in [0.5, 0.6) is 0 Å². The van der Waals surface area contributed by atoms with E-state index in [-0.39, 0.29) is 17.0 Å². The maximum Gasteiger partial charge on any atom is 0.276 e. The molecule has 2 aliphatic rings. The molecule has 8 N–H and O–H groups in total. The van der Waals surface area contributed by atoms with Gasteiger partial charge >= 0.3 is 0 Å². The number of anilines is 1. The number of ether oxygens (including phenoxy) is 2. The number of aliphatic hydroxyl groups excluding tert-OH is 6. The van der Waals surface area contributed by atoms with Crippen molar-refractivity contribution in [2.45, 2.75) is 55.2 Å². The number of phosphoric acid groups is 2. The minimum Gasteiger partial charge on any atom is -0.756 e. The Morgan fingerprint density at radius 3 is 2.32 bits per heavy atom. The molecule has 214 valence electrons. The number of phosphoric ester groups is 2. The number of aliphatic hydroxyl groups is 6. The second-order valence-electron chi connectivity index (χ2n) is 8.20. The Morgan fingerprint density at radius 2 is 1.63 bits per heavy atom. The second-order valence-corrected chi connectivity index (χ2v) is 11.1. The van der Waals surface area contributed by atoms with Crippen molar-refractivity contribution in [1.29, 1.82) is 0 Å². The zero-order chi connectivity index (χ0) is 28.0. The number of hydrogen-bond acceptors (Lipinski definition) is 19. The number of hydrogen-bond donors (Lipinski definition) is 7. The summed E-state index contributed by atoms with van der Waals surface area (Å²) in [6.45, 7) is -1.94. The van der Waals surface area contributed by atoms with Gasteiger partial charge < -0.3 is 60.2 Å². The summed E-state index contributed by atoms with van der Waals surface area (Å²) in [7, 11) is -11.6. The van der Waals surface area contributed by atoms with Gasteiger partial charge in [0.2, 0.25) is 0 Å². The average molecular weight is 587 g/mol. The monoisotopic (exact) mass is 587 g/mol. The quantitative estimate of drug-likeness (QED) is 0.135. The Hall–Kier alpha value is -1.71. The van der Waals surface area contributed by atoms with Gasteiger partial charge in [-0.1, -0.05) is 0 Å². The highest BCUT2D eigenvalue weighted by Crippen LogP contribution is 2.57. The lowest BCUT2D eigenvalue weighted by molar-refractivity contribution is -0.305. The summed E-state index contributed by atoms with van der Waals surface area (Å²) in [5.74, 6) is 0.0269. The van der Waals surface area contributed by atoms with Gasteiger partial charge in [0, 0.05) is 0 Å². The molecule has 4 heterocycles. The van der Waals surface area contributed by atoms with Crippen LogP contribution in [0.2, 0.25) is 0 Å². The van der Waals surface area contributed by atoms with Crippen molar-refractivity contribution in [2.75, 3.05) is 18.9 Å². The van der Waals surface area contributed by atoms with Gasteiger partial charge in [0.25, 0.3) is 15.6 Å². The zero-order valence-corrected chi connectivity index (χ0v) is 20.7. The third-order valence-electron chi connectivity index (χ3n) is 5.68. The van der Waals surface area contributed by atoms with E-state index in [4.69, 9.17) is 20.3 Å². The minimum atomic E-state index is -5.88. The first-order valence-electron chi connectivity index (χ1n) is 10.7. The Balaban J connectivity index is 1.38. The van der Waals surface area contributed by atoms with E-state index in [0.717, 1.165) is 6.33 Å². The molecule has 11 atom stereocenters. The third-order valence-corrected chi connectivity index (χ3v) is 8.21. The summed E-state index contributed by atoms with van der Waals surface area (Å²) >= 11 is 0. The molecule has 4 rings (SSSR count). The van der Waals surface area contributed by atoms with Gasteiger partial charge in [-0.2, -0.15) is 0 Å². The Bertz CT molecular complexity index is 1230. The fourth-order valence-electron chi connectivity index (χ4n) is 3.76. The van der Waals surface area contributed by atoms with Crippen molar-refractivity contribution in [3.8, 4) is 0 Å². The molecule has 0 spiro atoms. The van der Waals surface area contributed by atoms with Gasteiger partial charge in [0.1, 0.15) is 54.6 Å². The highest BCUT2D eigenvalue weighted by atomic mass is 31.3. The van der Waals surface area contributed by atoms with Crippen LogP contribution in [-0.4, -0.2) is 112 Å². The van der Waals surface area contributed by atoms with Crippen molar-refractivity contribution < 1.29 is 72.4 Å². The van der Waals surface area contributed by atoms with Crippen LogP contribution in [0.1, 0.15) is 6.23 Å². The highest BCUT2D eigenvalue weighted by molar-refractivity contribution is 7.59. The summed E-state index contributed by atoms with van der Waals surface area (Å²) in [6.07, 6.45) is -13.7. The zero-order valence-electron chi connectivity index (χ0n) is 18.9. The standard InChI is InChI=1S/C16H25N5O15P2/c17-13-7-14(19-3-18-13)21(4-20-7)15-11(26)9(24)6(33-15)2-32-37(28,29)36-38(30,31)35-16-12(27)10(25)8(23)5(1-22)34-16/h3-6,8-12,15-16,22-27H,1-2H2,(H,28,29)(H,30,31)(H2,17,18,19)/p-2. The maximum absolute atomic E-state index is 12.1. The predicted molar refractivity (Wildman–Crippen MR) is 113 cm³/mol. The van der Waals surface area contributed by atoms with Crippen molar-refractivity contribution in [2.24, 2.45) is 0 Å². The maximum atomic E-state index is 12.1. The van der Waals surface area contributed by atoms with Gasteiger partial charge in [-0.3, -0.25) is 18.2 Å². The topological polar surface area (TPSA) is 317 Å². The van der Waals surface area contributed by atoms with Crippen LogP contribution in [-0.2, 0) is 32.0 Å². The molecule has 0 radical (unpaired) electrons. The van der Waals surface area contributed by atoms with Crippen molar-refractivity contribution >= 4 is 32.6 Å². The van der Waals surface area contributed by atoms with E-state index in [1.807, 2.05) is 0 Å². The molecular weight excluding hydrogens is 564 g/mol. The summed E-state index contributed by atoms with van der Waals surface area (Å²) in [4.78, 5) is 35.9. The number of aromatic nitrogens is 4. The second kappa shape index (κ2) is 11.0. The lowest BCUT2D eigenvalue weighted by atomic mass is 10.00. The Morgan fingerprint density at radius 1 is 0.947 bits per heavy atom. The van der Waals surface area contributed by atoms with Crippen LogP contribution < -0.4 is 15.5 Å². The molecule has 0 bridgehead atoms. The molecule has 0 aliphatic carbocycles. The van der Waals surface area contributed by atoms with Crippen LogP contribution in [0.15, 0.2) is 12.7 Å². The first-order valence-corrected chi connectivity index (χ1v) is 13.6. The Labute approximate surface area is 212 Å². The number of nitrogens with two attached hydrogens (primary N) is 1. The molecule has 2 fully saturated rings. The van der Waals surface area contributed by atoms with E-state index in [0.29, 0.717) is 0 Å². The molecule has 22 heteroatoms. The average Bonchev–Trinajstić information content (AvgIpc) is 3.39. The molecule has 2 aromatic heterocycles. The van der Waals surface area contributed by atoms with E-state index >= 15 is 0 Å². The van der Waals surface area contributed by atoms with Crippen LogP contribution in [0, 0.1) is 0 Å². The number of imidazole rings is 1. The molecule has 38 heavy (non-hydrogen) atoms. The van der Waals surface area contributed by atoms with Gasteiger partial charge in [-0.15, -0.1) is 0 Å². The van der Waals surface area contributed by atoms with E-state index in [1.165, 1.54) is 10.9 Å². The Kier molecular flexibility index (Phi) is 8.51. The van der Waals surface area contributed by atoms with Crippen LogP contribution in [0.3, 0.4) is 0 Å². The van der Waals surface area contributed by atoms with Gasteiger partial charge in [0.05, 0.1) is 19.5 Å². The lowest BCUT2D eigenvalue weighted by Crippen LogP contribution is -2.59. The van der Waals surface area contributed by atoms with E-state index in [1.54, 1.807) is 0 Å². The molecule has 0 saturated carbocycles. The van der Waals surface area contributed by atoms with Gasteiger partial charge in [-0.05, 0) is 0 Å². The SMILES string of the molecule is Nc1ncnc2c1ncn2C1OC(COP(=O)([O-])OP(=O)([O-])OC2OC(CO)C(O)C(O)C2O)C(O)C1O. The molecule has 11 unspecified atom stereocenters. The molecule has 2 aromatic rings. The van der Waals surface area contributed by atoms with E-state index in [2.05, 4.69) is 28.3 Å². The minimum absolute atomic E-state index is 0.0269. The number of rotatable bonds is 9. The number of fused-ring (bicyclic) bond motifs is 1. The summed E-state index contributed by atoms with van der Waals surface area (Å²) in [5.41, 5.74) is 6.00. The summed E-state index contributed by atoms with van der Waals surface area (Å²) in [5, 5.41) is 59.1. The molecule has 0 aromatic carbocycles. The van der Waals surface area contributed by atoms with Gasteiger partial charge in [0.15, 0.2) is 24.0 Å². The van der Waals surface area contributed by atoms with E-state index < -0.39 is 84.1 Å². The van der Waals surface area contributed by atoms with E-state index in [9.17, 15) is 44.4 Å². The third kappa shape index (κ3) is 5.89. The fraction of sp³-hybridized carbons (Fsp3) is 0.688. The van der Waals surface area contributed by atoms with Crippen LogP contribution in [0.25, 0.3) is 11.2 Å². The lowest BCUT2D eigenvalue weighted by Gasteiger charge is -2.41. The van der Waals surface area contributed by atoms with Gasteiger partial charge in [-0.25, -0.2) is 19.3 Å². The molecule has 0 amide bonds. The molecular formula is C16H23N5O15P2-2. The largest absolute Gasteiger partial charge is 0.756 e. The number of nitrogen functional groups attached to an aromatic ring is 1. The first-order chi connectivity index (χ1) is 17.7. The molecule has 20 nitrogen and oxygen atoms in total. The highest BCUT2D eigenvalue weighted by Gasteiger charge is 2.47. The molecule has 2 aliphatic heterocycles. The normalized spacial score (nSPS) is 37.2. The first kappa shape index (κ1) is 29.3. The summed E-state index contributed by atoms with van der Waals surface area (Å²) < 4.78 is 48.4. The predicted octanol–water partition coefficient (Wildman–Crippen LogP) is -5.19. The fourth-order valence-corrected chi connectivity index (χ4v) is 5.85. The van der Waals surface area contributed by atoms with Crippen LogP contribution >= 0.6 is 15.6 Å². The van der Waals surface area contributed by atoms with Crippen molar-refractivity contribution in [3.63, 3.8) is 0 Å². The van der Waals surface area contributed by atoms with Crippen molar-refractivity contribution in [3.05, 3.63) is 12.7 Å². The van der Waals surface area contributed by atoms with Crippen molar-refractivity contribution in [1.82, 2.24) is 19.5 Å².